The Labute approximate surface area is 196 Å². The molecule has 0 bridgehead atoms. The van der Waals surface area contributed by atoms with Gasteiger partial charge in [-0.15, -0.1) is 0 Å². The molecule has 1 N–H and O–H groups in total. The van der Waals surface area contributed by atoms with Crippen molar-refractivity contribution >= 4 is 17.6 Å². The summed E-state index contributed by atoms with van der Waals surface area (Å²) in [6, 6.07) is 20.5. The summed E-state index contributed by atoms with van der Waals surface area (Å²) >= 11 is 6.22. The van der Waals surface area contributed by atoms with Gasteiger partial charge in [0.2, 0.25) is 0 Å². The molecule has 5 rings (SSSR count). The Hall–Kier alpha value is -3.40. The van der Waals surface area contributed by atoms with Gasteiger partial charge in [0.1, 0.15) is 11.4 Å². The lowest BCUT2D eigenvalue weighted by molar-refractivity contribution is -0.152. The monoisotopic (exact) mass is 460 g/mol. The fourth-order valence-electron chi connectivity index (χ4n) is 5.51. The number of hydrogen-bond acceptors (Lipinski definition) is 6. The number of rotatable bonds is 4. The second-order valence-electron chi connectivity index (χ2n) is 8.47. The van der Waals surface area contributed by atoms with Gasteiger partial charge in [-0.2, -0.15) is 5.26 Å². The Bertz CT molecular complexity index is 1260. The number of hydrogen-bond donors (Lipinski definition) is 1. The Balaban J connectivity index is 1.79. The number of aliphatic hydroxyl groups is 1. The maximum atomic E-state index is 12.5. The lowest BCUT2D eigenvalue weighted by Gasteiger charge is -2.41. The van der Waals surface area contributed by atoms with Gasteiger partial charge >= 0.3 is 5.97 Å². The first-order chi connectivity index (χ1) is 15.9. The number of nitrogens with zero attached hydrogens (tertiary/aromatic N) is 2. The minimum atomic E-state index is -1.63. The van der Waals surface area contributed by atoms with Crippen LogP contribution >= 0.6 is 11.6 Å². The van der Waals surface area contributed by atoms with E-state index < -0.39 is 23.1 Å². The average molecular weight is 461 g/mol. The van der Waals surface area contributed by atoms with Crippen LogP contribution in [-0.4, -0.2) is 23.2 Å². The molecule has 0 amide bonds. The van der Waals surface area contributed by atoms with Crippen molar-refractivity contribution in [3.8, 4) is 11.8 Å². The predicted molar refractivity (Wildman–Crippen MR) is 121 cm³/mol. The number of esters is 1. The molecule has 0 radical (unpaired) electrons. The lowest BCUT2D eigenvalue weighted by Crippen LogP contribution is -2.51. The molecule has 0 unspecified atom stereocenters. The van der Waals surface area contributed by atoms with Gasteiger partial charge in [-0.05, 0) is 29.7 Å². The first kappa shape index (κ1) is 21.4. The largest absolute Gasteiger partial charge is 0.476 e. The number of aromatic nitrogens is 1. The molecule has 3 aromatic rings. The molecular weight excluding hydrogens is 440 g/mol. The van der Waals surface area contributed by atoms with Crippen molar-refractivity contribution in [2.75, 3.05) is 7.11 Å². The Morgan fingerprint density at radius 3 is 2.67 bits per heavy atom. The van der Waals surface area contributed by atoms with Gasteiger partial charge < -0.3 is 14.6 Å². The summed E-state index contributed by atoms with van der Waals surface area (Å²) in [4.78, 5) is 16.9. The van der Waals surface area contributed by atoms with E-state index in [2.05, 4.69) is 11.1 Å². The van der Waals surface area contributed by atoms with E-state index in [4.69, 9.17) is 21.1 Å². The fourth-order valence-corrected chi connectivity index (χ4v) is 5.66. The van der Waals surface area contributed by atoms with Crippen molar-refractivity contribution < 1.29 is 19.4 Å². The topological polar surface area (TPSA) is 92.4 Å². The molecule has 1 saturated carbocycles. The zero-order chi connectivity index (χ0) is 23.2. The molecule has 2 heterocycles. The van der Waals surface area contributed by atoms with Gasteiger partial charge in [-0.25, -0.2) is 0 Å². The van der Waals surface area contributed by atoms with E-state index in [1.165, 1.54) is 13.3 Å². The number of fused-ring (bicyclic) bond motifs is 3. The van der Waals surface area contributed by atoms with Crippen LogP contribution in [-0.2, 0) is 20.7 Å². The van der Waals surface area contributed by atoms with Crippen molar-refractivity contribution in [3.63, 3.8) is 0 Å². The van der Waals surface area contributed by atoms with Crippen molar-refractivity contribution in [2.45, 2.75) is 30.0 Å². The normalized spacial score (nSPS) is 27.2. The molecule has 1 aliphatic carbocycles. The highest BCUT2D eigenvalue weighted by Crippen LogP contribution is 2.68. The van der Waals surface area contributed by atoms with Crippen LogP contribution in [0.15, 0.2) is 66.9 Å². The van der Waals surface area contributed by atoms with Crippen LogP contribution in [0, 0.1) is 17.2 Å². The maximum Gasteiger partial charge on any atom is 0.305 e. The zero-order valence-electron chi connectivity index (χ0n) is 17.9. The number of ether oxygens (including phenoxy) is 2. The molecular formula is C26H21ClN2O4. The summed E-state index contributed by atoms with van der Waals surface area (Å²) in [7, 11) is 1.33. The third-order valence-electron chi connectivity index (χ3n) is 6.90. The number of pyridine rings is 1. The summed E-state index contributed by atoms with van der Waals surface area (Å²) in [5.41, 5.74) is -0.401. The predicted octanol–water partition coefficient (Wildman–Crippen LogP) is 4.45. The molecule has 4 atom stereocenters. The van der Waals surface area contributed by atoms with Crippen LogP contribution in [0.3, 0.4) is 0 Å². The Morgan fingerprint density at radius 2 is 2.00 bits per heavy atom. The molecule has 0 saturated heterocycles. The molecule has 2 aliphatic rings. The van der Waals surface area contributed by atoms with E-state index in [0.717, 1.165) is 5.56 Å². The second-order valence-corrected chi connectivity index (χ2v) is 8.91. The van der Waals surface area contributed by atoms with Crippen molar-refractivity contribution in [1.82, 2.24) is 4.98 Å². The van der Waals surface area contributed by atoms with Gasteiger partial charge in [-0.1, -0.05) is 54.1 Å². The van der Waals surface area contributed by atoms with Crippen molar-refractivity contribution in [3.05, 3.63) is 94.3 Å². The molecule has 7 heteroatoms. The summed E-state index contributed by atoms with van der Waals surface area (Å²) in [5, 5.41) is 22.2. The molecule has 1 aliphatic heterocycles. The third-order valence-corrected chi connectivity index (χ3v) is 7.11. The highest BCUT2D eigenvalue weighted by atomic mass is 35.5. The summed E-state index contributed by atoms with van der Waals surface area (Å²) in [6.45, 7) is 0. The van der Waals surface area contributed by atoms with Gasteiger partial charge in [0.25, 0.3) is 0 Å². The van der Waals surface area contributed by atoms with E-state index in [-0.39, 0.29) is 12.3 Å². The van der Waals surface area contributed by atoms with E-state index in [1.54, 1.807) is 30.3 Å². The van der Waals surface area contributed by atoms with Crippen LogP contribution in [0.5, 0.6) is 5.75 Å². The SMILES string of the molecule is COC(=O)C[C@@H]1C[C@@H](c2ccccc2)[C@]2(c3ccc(C#N)cc3)Oc3cc(Cl)cnc3[C@]12O. The maximum absolute atomic E-state index is 12.5. The Morgan fingerprint density at radius 1 is 1.27 bits per heavy atom. The van der Waals surface area contributed by atoms with Crippen LogP contribution in [0.25, 0.3) is 0 Å². The number of halogens is 1. The molecule has 33 heavy (non-hydrogen) atoms. The quantitative estimate of drug-likeness (QED) is 0.578. The standard InChI is InChI=1S/C26H21ClN2O4/c1-32-23(30)12-19-11-21(17-5-3-2-4-6-17)26(18-9-7-16(14-28)8-10-18)25(19,31)24-22(33-26)13-20(27)15-29-24/h2-10,13,15,19,21,31H,11-12H2,1H3/t19-,21-,25+,26-/m0/s1. The van der Waals surface area contributed by atoms with Gasteiger partial charge in [-0.3, -0.25) is 9.78 Å². The smallest absolute Gasteiger partial charge is 0.305 e. The van der Waals surface area contributed by atoms with Crippen LogP contribution in [0.1, 0.15) is 41.1 Å². The summed E-state index contributed by atoms with van der Waals surface area (Å²) in [6.07, 6.45) is 1.95. The van der Waals surface area contributed by atoms with E-state index in [1.807, 2.05) is 30.3 Å². The molecule has 2 aromatic carbocycles. The van der Waals surface area contributed by atoms with E-state index in [0.29, 0.717) is 34.0 Å². The molecule has 1 aromatic heterocycles. The van der Waals surface area contributed by atoms with Gasteiger partial charge in [0.05, 0.1) is 30.2 Å². The molecule has 0 spiro atoms. The summed E-state index contributed by atoms with van der Waals surface area (Å²) < 4.78 is 11.6. The third kappa shape index (κ3) is 3.04. The number of nitriles is 1. The van der Waals surface area contributed by atoms with E-state index in [9.17, 15) is 15.2 Å². The molecule has 166 valence electrons. The zero-order valence-corrected chi connectivity index (χ0v) is 18.6. The van der Waals surface area contributed by atoms with Crippen LogP contribution in [0.4, 0.5) is 0 Å². The highest BCUT2D eigenvalue weighted by molar-refractivity contribution is 6.30. The number of carbonyl (C=O) groups is 1. The first-order valence-corrected chi connectivity index (χ1v) is 11.0. The van der Waals surface area contributed by atoms with E-state index >= 15 is 0 Å². The average Bonchev–Trinajstić information content (AvgIpc) is 3.24. The fraction of sp³-hybridized carbons (Fsp3) is 0.269. The number of carbonyl (C=O) groups excluding carboxylic acids is 1. The van der Waals surface area contributed by atoms with Crippen LogP contribution < -0.4 is 4.74 Å². The minimum absolute atomic E-state index is 0.00146. The lowest BCUT2D eigenvalue weighted by atomic mass is 9.71. The van der Waals surface area contributed by atoms with Gasteiger partial charge in [0, 0.05) is 24.1 Å². The van der Waals surface area contributed by atoms with Crippen molar-refractivity contribution in [1.29, 1.82) is 5.26 Å². The first-order valence-electron chi connectivity index (χ1n) is 10.6. The van der Waals surface area contributed by atoms with Crippen molar-refractivity contribution in [2.24, 2.45) is 5.92 Å². The second kappa shape index (κ2) is 7.87. The minimum Gasteiger partial charge on any atom is -0.476 e. The number of methoxy groups -OCH3 is 1. The highest BCUT2D eigenvalue weighted by Gasteiger charge is 2.73. The molecule has 6 nitrogen and oxygen atoms in total. The summed E-state index contributed by atoms with van der Waals surface area (Å²) in [5.74, 6) is -0.872. The Kier molecular flexibility index (Phi) is 5.12. The van der Waals surface area contributed by atoms with Crippen LogP contribution in [0.2, 0.25) is 5.02 Å². The van der Waals surface area contributed by atoms with Gasteiger partial charge in [0.15, 0.2) is 11.2 Å². The molecule has 1 fully saturated rings. The number of benzene rings is 2.